The number of benzene rings is 1. The highest BCUT2D eigenvalue weighted by atomic mass is 35.5. The van der Waals surface area contributed by atoms with Crippen LogP contribution >= 0.6 is 11.6 Å². The molecule has 1 aromatic carbocycles. The van der Waals surface area contributed by atoms with Gasteiger partial charge in [0.25, 0.3) is 0 Å². The van der Waals surface area contributed by atoms with Crippen LogP contribution in [0.3, 0.4) is 0 Å². The van der Waals surface area contributed by atoms with E-state index in [9.17, 15) is 19.5 Å². The SMILES string of the molecule is N[C@H](CCC(=O)N1CCCC1)C(=O)N1CC(Cc2cccc(Cl)c2)CC1C(=O)O. The Morgan fingerprint density at radius 2 is 1.97 bits per heavy atom. The van der Waals surface area contributed by atoms with Gasteiger partial charge in [0.2, 0.25) is 11.8 Å². The van der Waals surface area contributed by atoms with Crippen LogP contribution in [0.2, 0.25) is 5.02 Å². The number of carboxylic acid groups (broad SMARTS) is 1. The lowest BCUT2D eigenvalue weighted by molar-refractivity contribution is -0.148. The van der Waals surface area contributed by atoms with E-state index < -0.39 is 18.1 Å². The summed E-state index contributed by atoms with van der Waals surface area (Å²) in [7, 11) is 0. The van der Waals surface area contributed by atoms with Crippen molar-refractivity contribution >= 4 is 29.4 Å². The Balaban J connectivity index is 1.58. The summed E-state index contributed by atoms with van der Waals surface area (Å²) in [6.07, 6.45) is 3.50. The van der Waals surface area contributed by atoms with E-state index in [1.165, 1.54) is 4.90 Å². The molecule has 0 aliphatic carbocycles. The zero-order chi connectivity index (χ0) is 21.0. The molecule has 2 aliphatic heterocycles. The van der Waals surface area contributed by atoms with Gasteiger partial charge in [0.1, 0.15) is 6.04 Å². The van der Waals surface area contributed by atoms with Crippen molar-refractivity contribution in [3.05, 3.63) is 34.9 Å². The van der Waals surface area contributed by atoms with Crippen LogP contribution in [0.15, 0.2) is 24.3 Å². The first-order chi connectivity index (χ1) is 13.8. The number of halogens is 1. The van der Waals surface area contributed by atoms with Gasteiger partial charge in [-0.2, -0.15) is 0 Å². The Morgan fingerprint density at radius 1 is 1.24 bits per heavy atom. The summed E-state index contributed by atoms with van der Waals surface area (Å²) >= 11 is 6.03. The molecule has 2 saturated heterocycles. The number of carbonyl (C=O) groups excluding carboxylic acids is 2. The van der Waals surface area contributed by atoms with Crippen molar-refractivity contribution in [2.75, 3.05) is 19.6 Å². The summed E-state index contributed by atoms with van der Waals surface area (Å²) in [5.41, 5.74) is 7.07. The molecular weight excluding hydrogens is 394 g/mol. The number of hydrogen-bond donors (Lipinski definition) is 2. The maximum Gasteiger partial charge on any atom is 0.326 e. The second-order valence-electron chi connectivity index (χ2n) is 8.01. The van der Waals surface area contributed by atoms with E-state index in [0.29, 0.717) is 24.4 Å². The van der Waals surface area contributed by atoms with E-state index in [4.69, 9.17) is 17.3 Å². The molecule has 3 atom stereocenters. The number of amides is 2. The maximum absolute atomic E-state index is 12.8. The van der Waals surface area contributed by atoms with Crippen molar-refractivity contribution < 1.29 is 19.5 Å². The number of nitrogens with two attached hydrogens (primary N) is 1. The van der Waals surface area contributed by atoms with E-state index in [-0.39, 0.29) is 30.6 Å². The summed E-state index contributed by atoms with van der Waals surface area (Å²) in [5.74, 6) is -1.37. The van der Waals surface area contributed by atoms with Crippen LogP contribution in [0.4, 0.5) is 0 Å². The van der Waals surface area contributed by atoms with Crippen LogP contribution in [0.5, 0.6) is 0 Å². The lowest BCUT2D eigenvalue weighted by Gasteiger charge is -2.25. The molecule has 7 nitrogen and oxygen atoms in total. The molecular formula is C21H28ClN3O4. The van der Waals surface area contributed by atoms with Crippen LogP contribution in [-0.4, -0.2) is 64.4 Å². The van der Waals surface area contributed by atoms with Crippen molar-refractivity contribution in [2.24, 2.45) is 11.7 Å². The smallest absolute Gasteiger partial charge is 0.326 e. The monoisotopic (exact) mass is 421 g/mol. The van der Waals surface area contributed by atoms with Crippen molar-refractivity contribution in [2.45, 2.75) is 50.6 Å². The molecule has 8 heteroatoms. The summed E-state index contributed by atoms with van der Waals surface area (Å²) in [4.78, 5) is 39.9. The molecule has 29 heavy (non-hydrogen) atoms. The van der Waals surface area contributed by atoms with E-state index in [1.54, 1.807) is 11.0 Å². The van der Waals surface area contributed by atoms with Gasteiger partial charge in [0, 0.05) is 31.1 Å². The molecule has 3 rings (SSSR count). The third-order valence-electron chi connectivity index (χ3n) is 5.81. The minimum absolute atomic E-state index is 0.0146. The summed E-state index contributed by atoms with van der Waals surface area (Å²) in [6, 6.07) is 5.70. The molecule has 2 amide bonds. The quantitative estimate of drug-likeness (QED) is 0.699. The van der Waals surface area contributed by atoms with Crippen LogP contribution in [-0.2, 0) is 20.8 Å². The predicted molar refractivity (Wildman–Crippen MR) is 109 cm³/mol. The van der Waals surface area contributed by atoms with Gasteiger partial charge in [-0.3, -0.25) is 9.59 Å². The van der Waals surface area contributed by atoms with Crippen LogP contribution in [0.25, 0.3) is 0 Å². The van der Waals surface area contributed by atoms with Crippen molar-refractivity contribution in [3.8, 4) is 0 Å². The zero-order valence-corrected chi connectivity index (χ0v) is 17.2. The fraction of sp³-hybridized carbons (Fsp3) is 0.571. The van der Waals surface area contributed by atoms with Crippen molar-refractivity contribution in [1.82, 2.24) is 9.80 Å². The number of aliphatic carboxylic acids is 1. The fourth-order valence-electron chi connectivity index (χ4n) is 4.29. The molecule has 2 heterocycles. The van der Waals surface area contributed by atoms with E-state index in [0.717, 1.165) is 31.5 Å². The fourth-order valence-corrected chi connectivity index (χ4v) is 4.50. The third-order valence-corrected chi connectivity index (χ3v) is 6.05. The minimum atomic E-state index is -1.02. The van der Waals surface area contributed by atoms with Gasteiger partial charge < -0.3 is 20.6 Å². The first-order valence-electron chi connectivity index (χ1n) is 10.2. The second-order valence-corrected chi connectivity index (χ2v) is 8.45. The number of carboxylic acids is 1. The van der Waals surface area contributed by atoms with Gasteiger partial charge >= 0.3 is 5.97 Å². The predicted octanol–water partition coefficient (Wildman–Crippen LogP) is 1.91. The molecule has 0 radical (unpaired) electrons. The van der Waals surface area contributed by atoms with Gasteiger partial charge in [0.05, 0.1) is 6.04 Å². The lowest BCUT2D eigenvalue weighted by atomic mass is 9.97. The average Bonchev–Trinajstić information content (AvgIpc) is 3.35. The number of rotatable bonds is 7. The van der Waals surface area contributed by atoms with Gasteiger partial charge in [-0.25, -0.2) is 4.79 Å². The van der Waals surface area contributed by atoms with E-state index in [1.807, 2.05) is 18.2 Å². The summed E-state index contributed by atoms with van der Waals surface area (Å²) in [5, 5.41) is 10.2. The molecule has 3 N–H and O–H groups in total. The van der Waals surface area contributed by atoms with Gasteiger partial charge in [-0.15, -0.1) is 0 Å². The number of hydrogen-bond acceptors (Lipinski definition) is 4. The Bertz CT molecular complexity index is 766. The normalized spacial score (nSPS) is 22.7. The number of nitrogens with zero attached hydrogens (tertiary/aromatic N) is 2. The first kappa shape index (κ1) is 21.6. The van der Waals surface area contributed by atoms with E-state index >= 15 is 0 Å². The van der Waals surface area contributed by atoms with Gasteiger partial charge in [-0.1, -0.05) is 23.7 Å². The van der Waals surface area contributed by atoms with Gasteiger partial charge in [-0.05, 0) is 55.7 Å². The average molecular weight is 422 g/mol. The van der Waals surface area contributed by atoms with Crippen LogP contribution < -0.4 is 5.73 Å². The minimum Gasteiger partial charge on any atom is -0.480 e. The standard InChI is InChI=1S/C21H28ClN3O4/c22-16-5-3-4-14(11-16)10-15-12-18(21(28)29)25(13-15)20(27)17(23)6-7-19(26)24-8-1-2-9-24/h3-5,11,15,17-18H,1-2,6-10,12-13,23H2,(H,28,29)/t15?,17-,18?/m1/s1. The topological polar surface area (TPSA) is 104 Å². The molecule has 0 spiro atoms. The highest BCUT2D eigenvalue weighted by molar-refractivity contribution is 6.30. The largest absolute Gasteiger partial charge is 0.480 e. The van der Waals surface area contributed by atoms with Crippen LogP contribution in [0.1, 0.15) is 37.7 Å². The van der Waals surface area contributed by atoms with Crippen molar-refractivity contribution in [3.63, 3.8) is 0 Å². The molecule has 1 aromatic rings. The lowest BCUT2D eigenvalue weighted by Crippen LogP contribution is -2.48. The van der Waals surface area contributed by atoms with Gasteiger partial charge in [0.15, 0.2) is 0 Å². The first-order valence-corrected chi connectivity index (χ1v) is 10.5. The van der Waals surface area contributed by atoms with E-state index in [2.05, 4.69) is 0 Å². The molecule has 0 saturated carbocycles. The molecule has 2 unspecified atom stereocenters. The Kier molecular flexibility index (Phi) is 7.14. The summed E-state index contributed by atoms with van der Waals surface area (Å²) in [6.45, 7) is 1.87. The Hall–Kier alpha value is -2.12. The number of carbonyl (C=O) groups is 3. The molecule has 2 aliphatic rings. The highest BCUT2D eigenvalue weighted by Gasteiger charge is 2.41. The second kappa shape index (κ2) is 9.59. The zero-order valence-electron chi connectivity index (χ0n) is 16.4. The summed E-state index contributed by atoms with van der Waals surface area (Å²) < 4.78 is 0. The molecule has 0 bridgehead atoms. The van der Waals surface area contributed by atoms with Crippen molar-refractivity contribution in [1.29, 1.82) is 0 Å². The third kappa shape index (κ3) is 5.48. The molecule has 2 fully saturated rings. The highest BCUT2D eigenvalue weighted by Crippen LogP contribution is 2.28. The maximum atomic E-state index is 12.8. The Labute approximate surface area is 175 Å². The van der Waals surface area contributed by atoms with Crippen LogP contribution in [0, 0.1) is 5.92 Å². The molecule has 0 aromatic heterocycles. The number of likely N-dealkylation sites (tertiary alicyclic amines) is 2. The Morgan fingerprint density at radius 3 is 2.62 bits per heavy atom. The molecule has 158 valence electrons.